The van der Waals surface area contributed by atoms with E-state index in [1.54, 1.807) is 0 Å². The largest absolute Gasteiger partial charge is 0.459 e. The van der Waals surface area contributed by atoms with Crippen LogP contribution in [0.3, 0.4) is 0 Å². The van der Waals surface area contributed by atoms with Crippen LogP contribution in [0.15, 0.2) is 0 Å². The Morgan fingerprint density at radius 1 is 0.800 bits per heavy atom. The van der Waals surface area contributed by atoms with E-state index in [1.165, 1.54) is 0 Å². The van der Waals surface area contributed by atoms with Crippen molar-refractivity contribution < 1.29 is 19.7 Å². The van der Waals surface area contributed by atoms with E-state index in [2.05, 4.69) is 27.7 Å². The van der Waals surface area contributed by atoms with Gasteiger partial charge in [-0.2, -0.15) is 0 Å². The molecule has 4 saturated carbocycles. The second-order valence-corrected chi connectivity index (χ2v) is 11.9. The zero-order valence-electron chi connectivity index (χ0n) is 20.6. The summed E-state index contributed by atoms with van der Waals surface area (Å²) in [6.07, 6.45) is 8.75. The fraction of sp³-hybridized carbons (Fsp3) is 0.962. The van der Waals surface area contributed by atoms with Gasteiger partial charge in [0.2, 0.25) is 0 Å². The predicted molar refractivity (Wildman–Crippen MR) is 120 cm³/mol. The minimum Gasteiger partial charge on any atom is -0.459 e. The van der Waals surface area contributed by atoms with Crippen LogP contribution in [0, 0.1) is 22.2 Å². The molecule has 174 valence electrons. The number of carbonyl (C=O) groups excluding carboxylic acids is 1. The van der Waals surface area contributed by atoms with Crippen LogP contribution < -0.4 is 0 Å². The van der Waals surface area contributed by atoms with Crippen LogP contribution in [-0.4, -0.2) is 33.0 Å². The molecule has 0 amide bonds. The summed E-state index contributed by atoms with van der Waals surface area (Å²) < 4.78 is 6.46. The van der Waals surface area contributed by atoms with Gasteiger partial charge in [-0.25, -0.2) is 0 Å². The van der Waals surface area contributed by atoms with Crippen LogP contribution in [0.4, 0.5) is 0 Å². The predicted octanol–water partition coefficient (Wildman–Crippen LogP) is 5.78. The summed E-state index contributed by atoms with van der Waals surface area (Å²) in [4.78, 5) is 13.2. The van der Waals surface area contributed by atoms with Crippen molar-refractivity contribution in [3.05, 3.63) is 0 Å². The number of hydrogen-bond donors (Lipinski definition) is 2. The molecule has 4 fully saturated rings. The second-order valence-electron chi connectivity index (χ2n) is 11.9. The van der Waals surface area contributed by atoms with E-state index in [1.807, 2.05) is 20.8 Å². The lowest BCUT2D eigenvalue weighted by Crippen LogP contribution is -2.71. The third kappa shape index (κ3) is 3.27. The first kappa shape index (κ1) is 24.0. The Balaban J connectivity index is 2.11. The Morgan fingerprint density at radius 3 is 1.60 bits per heavy atom. The molecular formula is C26H46O4. The summed E-state index contributed by atoms with van der Waals surface area (Å²) in [5, 5.41) is 23.7. The molecule has 2 atom stereocenters. The summed E-state index contributed by atoms with van der Waals surface area (Å²) in [7, 11) is 0. The van der Waals surface area contributed by atoms with Crippen molar-refractivity contribution in [1.29, 1.82) is 0 Å². The number of hydrogen-bond acceptors (Lipinski definition) is 4. The molecular weight excluding hydrogens is 376 g/mol. The van der Waals surface area contributed by atoms with Crippen LogP contribution in [0.2, 0.25) is 0 Å². The third-order valence-corrected chi connectivity index (χ3v) is 10.1. The van der Waals surface area contributed by atoms with Crippen LogP contribution in [-0.2, 0) is 9.53 Å². The molecule has 0 radical (unpaired) electrons. The van der Waals surface area contributed by atoms with E-state index >= 15 is 0 Å². The lowest BCUT2D eigenvalue weighted by molar-refractivity contribution is -0.299. The summed E-state index contributed by atoms with van der Waals surface area (Å²) in [5.41, 5.74) is -3.20. The van der Waals surface area contributed by atoms with E-state index in [0.717, 1.165) is 44.9 Å². The average molecular weight is 423 g/mol. The van der Waals surface area contributed by atoms with Gasteiger partial charge < -0.3 is 14.9 Å². The van der Waals surface area contributed by atoms with Gasteiger partial charge in [0.05, 0.1) is 16.6 Å². The van der Waals surface area contributed by atoms with Gasteiger partial charge >= 0.3 is 5.97 Å². The molecule has 2 N–H and O–H groups in total. The van der Waals surface area contributed by atoms with Crippen LogP contribution in [0.5, 0.6) is 0 Å². The summed E-state index contributed by atoms with van der Waals surface area (Å²) in [5.74, 6) is 0.276. The minimum absolute atomic E-state index is 0.120. The van der Waals surface area contributed by atoms with Crippen molar-refractivity contribution in [3.63, 3.8) is 0 Å². The molecule has 0 spiro atoms. The first-order valence-corrected chi connectivity index (χ1v) is 12.5. The Labute approximate surface area is 184 Å². The van der Waals surface area contributed by atoms with Crippen molar-refractivity contribution >= 4 is 5.97 Å². The molecule has 4 rings (SSSR count). The van der Waals surface area contributed by atoms with Gasteiger partial charge in [0.1, 0.15) is 5.60 Å². The van der Waals surface area contributed by atoms with E-state index in [4.69, 9.17) is 4.74 Å². The number of esters is 1. The zero-order chi connectivity index (χ0) is 22.6. The summed E-state index contributed by atoms with van der Waals surface area (Å²) in [6, 6.07) is 0. The highest BCUT2D eigenvalue weighted by Gasteiger charge is 2.72. The number of aliphatic hydroxyl groups is 2. The molecule has 0 aromatic heterocycles. The molecule has 2 unspecified atom stereocenters. The molecule has 0 aliphatic heterocycles. The van der Waals surface area contributed by atoms with E-state index in [9.17, 15) is 15.0 Å². The minimum atomic E-state index is -0.780. The molecule has 30 heavy (non-hydrogen) atoms. The van der Waals surface area contributed by atoms with Gasteiger partial charge in [-0.3, -0.25) is 4.79 Å². The smallest absolute Gasteiger partial charge is 0.312 e. The van der Waals surface area contributed by atoms with Crippen LogP contribution >= 0.6 is 0 Å². The van der Waals surface area contributed by atoms with Crippen molar-refractivity contribution in [2.45, 2.75) is 136 Å². The quantitative estimate of drug-likeness (QED) is 0.462. The molecule has 0 saturated heterocycles. The molecule has 0 aromatic rings. The molecule has 0 heterocycles. The fourth-order valence-corrected chi connectivity index (χ4v) is 7.98. The molecule has 4 bridgehead atoms. The zero-order valence-corrected chi connectivity index (χ0v) is 20.6. The maximum absolute atomic E-state index is 13.2. The third-order valence-electron chi connectivity index (χ3n) is 10.1. The Kier molecular flexibility index (Phi) is 5.99. The summed E-state index contributed by atoms with van der Waals surface area (Å²) >= 11 is 0. The highest BCUT2D eigenvalue weighted by Crippen LogP contribution is 2.74. The maximum Gasteiger partial charge on any atom is 0.312 e. The highest BCUT2D eigenvalue weighted by molar-refractivity contribution is 5.76. The monoisotopic (exact) mass is 422 g/mol. The molecule has 4 aliphatic rings. The number of carbonyl (C=O) groups is 1. The highest BCUT2D eigenvalue weighted by atomic mass is 16.6. The number of ether oxygens (including phenoxy) is 1. The average Bonchev–Trinajstić information content (AvgIpc) is 2.70. The lowest BCUT2D eigenvalue weighted by atomic mass is 9.36. The van der Waals surface area contributed by atoms with Gasteiger partial charge in [-0.1, -0.05) is 34.6 Å². The van der Waals surface area contributed by atoms with Gasteiger partial charge in [-0.15, -0.1) is 0 Å². The first-order valence-electron chi connectivity index (χ1n) is 12.5. The molecule has 4 heteroatoms. The summed E-state index contributed by atoms with van der Waals surface area (Å²) in [6.45, 7) is 14.3. The maximum atomic E-state index is 13.2. The Bertz CT molecular complexity index is 624. The van der Waals surface area contributed by atoms with Crippen molar-refractivity contribution in [3.8, 4) is 0 Å². The van der Waals surface area contributed by atoms with E-state index in [-0.39, 0.29) is 16.8 Å². The number of rotatable bonds is 9. The van der Waals surface area contributed by atoms with Crippen molar-refractivity contribution in [2.24, 2.45) is 22.2 Å². The van der Waals surface area contributed by atoms with Gasteiger partial charge in [0.25, 0.3) is 0 Å². The van der Waals surface area contributed by atoms with E-state index in [0.29, 0.717) is 31.6 Å². The lowest BCUT2D eigenvalue weighted by Gasteiger charge is -2.72. The van der Waals surface area contributed by atoms with Gasteiger partial charge in [-0.05, 0) is 90.4 Å². The Morgan fingerprint density at radius 2 is 1.23 bits per heavy atom. The van der Waals surface area contributed by atoms with Gasteiger partial charge in [0.15, 0.2) is 0 Å². The van der Waals surface area contributed by atoms with Crippen LogP contribution in [0.1, 0.15) is 119 Å². The van der Waals surface area contributed by atoms with Crippen LogP contribution in [0.25, 0.3) is 0 Å². The SMILES string of the molecule is CCC(C)(C)C(=O)OC12CC3CC(C(O)(CC)CC)(C1)CC(C(O)(CC)CC)(C3)C2. The van der Waals surface area contributed by atoms with Crippen molar-refractivity contribution in [1.82, 2.24) is 0 Å². The topological polar surface area (TPSA) is 66.8 Å². The molecule has 0 aromatic carbocycles. The second kappa shape index (κ2) is 7.47. The fourth-order valence-electron chi connectivity index (χ4n) is 7.98. The Hall–Kier alpha value is -0.610. The van der Waals surface area contributed by atoms with E-state index < -0.39 is 22.2 Å². The standard InChI is InChI=1S/C26H46O4/c1-8-21(6,7)20(27)30-24-15-19-13-22(17-24,25(28,9-2)10-3)16-23(14-19,18-24)26(29,11-4)12-5/h19,28-29H,8-18H2,1-7H3. The molecule has 4 aliphatic carbocycles. The van der Waals surface area contributed by atoms with Crippen molar-refractivity contribution in [2.75, 3.05) is 0 Å². The normalized spacial score (nSPS) is 36.2. The first-order chi connectivity index (χ1) is 13.8. The van der Waals surface area contributed by atoms with Gasteiger partial charge in [0, 0.05) is 10.8 Å². The molecule has 4 nitrogen and oxygen atoms in total.